The number of amides is 2. The van der Waals surface area contributed by atoms with Gasteiger partial charge in [0, 0.05) is 29.9 Å². The van der Waals surface area contributed by atoms with Gasteiger partial charge in [-0.2, -0.15) is 5.10 Å². The number of carbonyl (C=O) groups excluding carboxylic acids is 2. The van der Waals surface area contributed by atoms with Crippen molar-refractivity contribution in [2.75, 3.05) is 11.9 Å². The van der Waals surface area contributed by atoms with Crippen molar-refractivity contribution in [3.05, 3.63) is 46.8 Å². The molecule has 0 atom stereocenters. The van der Waals surface area contributed by atoms with E-state index in [0.717, 1.165) is 17.8 Å². The van der Waals surface area contributed by atoms with Crippen LogP contribution >= 0.6 is 0 Å². The van der Waals surface area contributed by atoms with Crippen LogP contribution in [0.2, 0.25) is 0 Å². The molecule has 0 radical (unpaired) electrons. The van der Waals surface area contributed by atoms with Gasteiger partial charge in [-0.25, -0.2) is 0 Å². The smallest absolute Gasteiger partial charge is 0.251 e. The molecule has 1 heterocycles. The van der Waals surface area contributed by atoms with Gasteiger partial charge in [0.05, 0.1) is 12.2 Å². The Labute approximate surface area is 148 Å². The number of carbonyl (C=O) groups is 2. The Balaban J connectivity index is 1.94. The number of nitrogens with zero attached hydrogens (tertiary/aromatic N) is 2. The third-order valence-electron chi connectivity index (χ3n) is 4.22. The van der Waals surface area contributed by atoms with Gasteiger partial charge in [-0.3, -0.25) is 14.3 Å². The van der Waals surface area contributed by atoms with Crippen molar-refractivity contribution in [1.29, 1.82) is 0 Å². The van der Waals surface area contributed by atoms with Gasteiger partial charge in [0.2, 0.25) is 5.91 Å². The summed E-state index contributed by atoms with van der Waals surface area (Å²) in [5, 5.41) is 10.2. The van der Waals surface area contributed by atoms with Crippen molar-refractivity contribution in [1.82, 2.24) is 15.1 Å². The first-order valence-electron chi connectivity index (χ1n) is 8.67. The van der Waals surface area contributed by atoms with E-state index in [1.54, 1.807) is 31.2 Å². The maximum Gasteiger partial charge on any atom is 0.251 e. The number of aryl methyl sites for hydroxylation is 1. The second kappa shape index (κ2) is 8.46. The highest BCUT2D eigenvalue weighted by molar-refractivity contribution is 5.97. The van der Waals surface area contributed by atoms with Crippen LogP contribution in [0, 0.1) is 13.8 Å². The van der Waals surface area contributed by atoms with E-state index >= 15 is 0 Å². The number of hydrogen-bond donors (Lipinski definition) is 2. The van der Waals surface area contributed by atoms with Crippen LogP contribution in [0.3, 0.4) is 0 Å². The van der Waals surface area contributed by atoms with Crippen molar-refractivity contribution in [3.63, 3.8) is 0 Å². The molecule has 0 fully saturated rings. The highest BCUT2D eigenvalue weighted by atomic mass is 16.2. The summed E-state index contributed by atoms with van der Waals surface area (Å²) in [5.41, 5.74) is 4.62. The van der Waals surface area contributed by atoms with Crippen LogP contribution in [0.1, 0.15) is 47.6 Å². The summed E-state index contributed by atoms with van der Waals surface area (Å²) in [4.78, 5) is 23.8. The van der Waals surface area contributed by atoms with Crippen molar-refractivity contribution >= 4 is 17.5 Å². The van der Waals surface area contributed by atoms with E-state index in [1.165, 1.54) is 5.56 Å². The van der Waals surface area contributed by atoms with E-state index in [4.69, 9.17) is 0 Å². The fraction of sp³-hybridized carbons (Fsp3) is 0.421. The zero-order chi connectivity index (χ0) is 18.4. The van der Waals surface area contributed by atoms with Gasteiger partial charge < -0.3 is 10.6 Å². The Morgan fingerprint density at radius 1 is 1.20 bits per heavy atom. The molecule has 6 nitrogen and oxygen atoms in total. The molecule has 0 spiro atoms. The molecule has 2 amide bonds. The van der Waals surface area contributed by atoms with Crippen LogP contribution in [0.15, 0.2) is 24.3 Å². The van der Waals surface area contributed by atoms with Gasteiger partial charge in [0.15, 0.2) is 0 Å². The molecule has 0 aliphatic heterocycles. The Morgan fingerprint density at radius 2 is 1.96 bits per heavy atom. The zero-order valence-corrected chi connectivity index (χ0v) is 15.3. The predicted octanol–water partition coefficient (Wildman–Crippen LogP) is 2.84. The molecular weight excluding hydrogens is 316 g/mol. The zero-order valence-electron chi connectivity index (χ0n) is 15.3. The normalized spacial score (nSPS) is 10.6. The molecule has 0 bridgehead atoms. The van der Waals surface area contributed by atoms with Gasteiger partial charge in [0.25, 0.3) is 5.91 Å². The van der Waals surface area contributed by atoms with Crippen LogP contribution < -0.4 is 10.6 Å². The lowest BCUT2D eigenvalue weighted by atomic mass is 10.1. The van der Waals surface area contributed by atoms with Crippen molar-refractivity contribution < 1.29 is 9.59 Å². The number of hydrogen-bond acceptors (Lipinski definition) is 3. The molecular formula is C19H26N4O2. The highest BCUT2D eigenvalue weighted by Crippen LogP contribution is 2.13. The molecule has 0 saturated heterocycles. The van der Waals surface area contributed by atoms with E-state index in [-0.39, 0.29) is 11.8 Å². The van der Waals surface area contributed by atoms with Crippen LogP contribution in [-0.2, 0) is 17.8 Å². The summed E-state index contributed by atoms with van der Waals surface area (Å²) in [7, 11) is 0. The van der Waals surface area contributed by atoms with Crippen LogP contribution in [-0.4, -0.2) is 28.1 Å². The molecule has 1 aromatic carbocycles. The molecule has 6 heteroatoms. The number of aromatic nitrogens is 2. The lowest BCUT2D eigenvalue weighted by Gasteiger charge is -2.09. The molecule has 0 saturated carbocycles. The quantitative estimate of drug-likeness (QED) is 0.812. The molecule has 2 rings (SSSR count). The van der Waals surface area contributed by atoms with E-state index in [9.17, 15) is 9.59 Å². The average molecular weight is 342 g/mol. The summed E-state index contributed by atoms with van der Waals surface area (Å²) >= 11 is 0. The number of nitrogens with one attached hydrogen (secondary N) is 2. The van der Waals surface area contributed by atoms with Gasteiger partial charge in [-0.05, 0) is 44.0 Å². The van der Waals surface area contributed by atoms with E-state index in [2.05, 4.69) is 29.6 Å². The van der Waals surface area contributed by atoms with Crippen LogP contribution in [0.4, 0.5) is 5.69 Å². The fourth-order valence-electron chi connectivity index (χ4n) is 2.83. The third kappa shape index (κ3) is 4.68. The molecule has 2 N–H and O–H groups in total. The Bertz CT molecular complexity index is 765. The first-order chi connectivity index (χ1) is 12.0. The molecule has 25 heavy (non-hydrogen) atoms. The first kappa shape index (κ1) is 18.7. The molecule has 2 aromatic rings. The van der Waals surface area contributed by atoms with E-state index in [0.29, 0.717) is 30.8 Å². The van der Waals surface area contributed by atoms with Crippen molar-refractivity contribution in [3.8, 4) is 0 Å². The topological polar surface area (TPSA) is 76.0 Å². The Kier molecular flexibility index (Phi) is 6.33. The van der Waals surface area contributed by atoms with E-state index in [1.807, 2.05) is 11.6 Å². The second-order valence-corrected chi connectivity index (χ2v) is 5.96. The number of anilines is 1. The Hall–Kier alpha value is -2.63. The molecule has 0 unspecified atom stereocenters. The van der Waals surface area contributed by atoms with Gasteiger partial charge in [0.1, 0.15) is 0 Å². The first-order valence-corrected chi connectivity index (χ1v) is 8.67. The molecule has 1 aromatic heterocycles. The Morgan fingerprint density at radius 3 is 2.60 bits per heavy atom. The standard InChI is InChI=1S/C19H26N4O2/c1-5-17-13(3)22-23(14(17)4)11-10-20-19(25)15-8-7-9-16(12-15)21-18(24)6-2/h7-9,12H,5-6,10-11H2,1-4H3,(H,20,25)(H,21,24). The minimum atomic E-state index is -0.162. The lowest BCUT2D eigenvalue weighted by molar-refractivity contribution is -0.115. The summed E-state index contributed by atoms with van der Waals surface area (Å²) in [6, 6.07) is 6.94. The highest BCUT2D eigenvalue weighted by Gasteiger charge is 2.11. The maximum atomic E-state index is 12.3. The lowest BCUT2D eigenvalue weighted by Crippen LogP contribution is -2.28. The third-order valence-corrected chi connectivity index (χ3v) is 4.22. The van der Waals surface area contributed by atoms with Crippen molar-refractivity contribution in [2.45, 2.75) is 47.1 Å². The summed E-state index contributed by atoms with van der Waals surface area (Å²) < 4.78 is 1.94. The minimum Gasteiger partial charge on any atom is -0.350 e. The van der Waals surface area contributed by atoms with Crippen LogP contribution in [0.5, 0.6) is 0 Å². The minimum absolute atomic E-state index is 0.0752. The number of benzene rings is 1. The summed E-state index contributed by atoms with van der Waals surface area (Å²) in [6.07, 6.45) is 1.36. The van der Waals surface area contributed by atoms with Crippen molar-refractivity contribution in [2.24, 2.45) is 0 Å². The SMILES string of the molecule is CCC(=O)Nc1cccc(C(=O)NCCn2nc(C)c(CC)c2C)c1. The monoisotopic (exact) mass is 342 g/mol. The second-order valence-electron chi connectivity index (χ2n) is 5.96. The summed E-state index contributed by atoms with van der Waals surface area (Å²) in [6.45, 7) is 9.10. The van der Waals surface area contributed by atoms with Gasteiger partial charge >= 0.3 is 0 Å². The van der Waals surface area contributed by atoms with Crippen LogP contribution in [0.25, 0.3) is 0 Å². The molecule has 134 valence electrons. The fourth-order valence-corrected chi connectivity index (χ4v) is 2.83. The largest absolute Gasteiger partial charge is 0.350 e. The van der Waals surface area contributed by atoms with Gasteiger partial charge in [-0.1, -0.05) is 19.9 Å². The summed E-state index contributed by atoms with van der Waals surface area (Å²) in [5.74, 6) is -0.237. The molecule has 0 aliphatic rings. The number of rotatable bonds is 7. The predicted molar refractivity (Wildman–Crippen MR) is 98.8 cm³/mol. The average Bonchev–Trinajstić information content (AvgIpc) is 2.88. The van der Waals surface area contributed by atoms with Gasteiger partial charge in [-0.15, -0.1) is 0 Å². The maximum absolute atomic E-state index is 12.3. The van der Waals surface area contributed by atoms with E-state index < -0.39 is 0 Å². The molecule has 0 aliphatic carbocycles.